The molecule has 1 aliphatic carbocycles. The number of rotatable bonds is 5. The number of methoxy groups -OCH3 is 1. The van der Waals surface area contributed by atoms with E-state index in [2.05, 4.69) is 5.32 Å². The molecule has 1 N–H and O–H groups in total. The van der Waals surface area contributed by atoms with E-state index >= 15 is 4.39 Å². The average Bonchev–Trinajstić information content (AvgIpc) is 3.32. The van der Waals surface area contributed by atoms with Crippen LogP contribution in [-0.2, 0) is 9.47 Å². The first-order valence-electron chi connectivity index (χ1n) is 9.99. The number of ether oxygens (including phenoxy) is 3. The van der Waals surface area contributed by atoms with E-state index in [1.807, 2.05) is 0 Å². The van der Waals surface area contributed by atoms with Crippen LogP contribution in [0, 0.1) is 17.0 Å². The van der Waals surface area contributed by atoms with Gasteiger partial charge in [0.1, 0.15) is 16.9 Å². The molecule has 9 heteroatoms. The molecule has 2 aliphatic rings. The van der Waals surface area contributed by atoms with Crippen LogP contribution in [0.4, 0.5) is 19.3 Å². The number of alkyl carbamates (subject to hydrolysis) is 1. The normalized spacial score (nSPS) is 19.6. The zero-order valence-electron chi connectivity index (χ0n) is 17.9. The second kappa shape index (κ2) is 7.92. The Kier molecular flexibility index (Phi) is 5.84. The van der Waals surface area contributed by atoms with E-state index in [0.717, 1.165) is 18.9 Å². The fourth-order valence-electron chi connectivity index (χ4n) is 3.89. The predicted octanol–water partition coefficient (Wildman–Crippen LogP) is 3.64. The van der Waals surface area contributed by atoms with Crippen molar-refractivity contribution in [3.8, 4) is 5.75 Å². The van der Waals surface area contributed by atoms with E-state index in [1.54, 1.807) is 32.6 Å². The summed E-state index contributed by atoms with van der Waals surface area (Å²) in [5, 5.41) is 2.87. The van der Waals surface area contributed by atoms with Crippen LogP contribution >= 0.6 is 0 Å². The van der Waals surface area contributed by atoms with Gasteiger partial charge < -0.3 is 24.4 Å². The molecule has 166 valence electrons. The molecule has 1 amide bonds. The number of amides is 1. The molecule has 0 radical (unpaired) electrons. The summed E-state index contributed by atoms with van der Waals surface area (Å²) in [5.74, 6) is -3.07. The molecule has 0 aromatic heterocycles. The topological polar surface area (TPSA) is 77.1 Å². The van der Waals surface area contributed by atoms with Crippen molar-refractivity contribution in [1.82, 2.24) is 5.32 Å². The van der Waals surface area contributed by atoms with Crippen LogP contribution in [0.15, 0.2) is 6.07 Å². The first-order valence-corrected chi connectivity index (χ1v) is 9.99. The van der Waals surface area contributed by atoms with E-state index in [4.69, 9.17) is 14.2 Å². The minimum atomic E-state index is -0.972. The van der Waals surface area contributed by atoms with Gasteiger partial charge in [-0.2, -0.15) is 0 Å². The minimum absolute atomic E-state index is 0.0383. The first-order chi connectivity index (χ1) is 14.0. The highest BCUT2D eigenvalue weighted by atomic mass is 19.1. The standard InChI is InChI=1S/C21H28F2N2O5/c1-6-29-18(26)12-9-13(22)16(17(28-5)15(12)23)25-10-14(21(11-25)7-8-21)24-19(27)30-20(2,3)4/h9,14H,6-8,10-11H2,1-5H3,(H,24,27)/t14-/m1/s1. The molecular formula is C21H28F2N2O5. The van der Waals surface area contributed by atoms with E-state index in [-0.39, 0.29) is 36.0 Å². The van der Waals surface area contributed by atoms with Crippen LogP contribution in [0.5, 0.6) is 5.75 Å². The van der Waals surface area contributed by atoms with Gasteiger partial charge in [-0.15, -0.1) is 0 Å². The SMILES string of the molecule is CCOC(=O)c1cc(F)c(N2C[C@@H](NC(=O)OC(C)(C)C)C3(CC3)C2)c(OC)c1F. The molecule has 3 rings (SSSR count). The van der Waals surface area contributed by atoms with Crippen LogP contribution in [-0.4, -0.2) is 50.5 Å². The molecule has 2 fully saturated rings. The monoisotopic (exact) mass is 426 g/mol. The first kappa shape index (κ1) is 22.1. The predicted molar refractivity (Wildman–Crippen MR) is 106 cm³/mol. The largest absolute Gasteiger partial charge is 0.491 e. The van der Waals surface area contributed by atoms with E-state index in [0.29, 0.717) is 6.54 Å². The summed E-state index contributed by atoms with van der Waals surface area (Å²) in [6.45, 7) is 7.63. The fourth-order valence-corrected chi connectivity index (χ4v) is 3.89. The summed E-state index contributed by atoms with van der Waals surface area (Å²) in [4.78, 5) is 25.9. The van der Waals surface area contributed by atoms with E-state index in [1.165, 1.54) is 7.11 Å². The molecule has 1 spiro atoms. The highest BCUT2D eigenvalue weighted by Gasteiger charge is 2.56. The van der Waals surface area contributed by atoms with Crippen molar-refractivity contribution in [2.75, 3.05) is 31.7 Å². The van der Waals surface area contributed by atoms with Crippen molar-refractivity contribution < 1.29 is 32.6 Å². The number of benzene rings is 1. The van der Waals surface area contributed by atoms with Crippen molar-refractivity contribution in [1.29, 1.82) is 0 Å². The summed E-state index contributed by atoms with van der Waals surface area (Å²) >= 11 is 0. The fraction of sp³-hybridized carbons (Fsp3) is 0.619. The number of halogens is 2. The lowest BCUT2D eigenvalue weighted by atomic mass is 10.0. The number of nitrogens with zero attached hydrogens (tertiary/aromatic N) is 1. The van der Waals surface area contributed by atoms with Crippen LogP contribution in [0.25, 0.3) is 0 Å². The van der Waals surface area contributed by atoms with Crippen LogP contribution in [0.1, 0.15) is 50.9 Å². The maximum atomic E-state index is 15.0. The summed E-state index contributed by atoms with van der Waals surface area (Å²) < 4.78 is 45.2. The molecule has 1 aliphatic heterocycles. The number of hydrogen-bond acceptors (Lipinski definition) is 6. The molecule has 30 heavy (non-hydrogen) atoms. The third-order valence-corrected chi connectivity index (χ3v) is 5.39. The molecule has 0 unspecified atom stereocenters. The molecular weight excluding hydrogens is 398 g/mol. The maximum absolute atomic E-state index is 15.0. The summed E-state index contributed by atoms with van der Waals surface area (Å²) in [6, 6.07) is 0.559. The number of esters is 1. The van der Waals surface area contributed by atoms with Crippen LogP contribution in [0.2, 0.25) is 0 Å². The summed E-state index contributed by atoms with van der Waals surface area (Å²) in [6.07, 6.45) is 1.17. The van der Waals surface area contributed by atoms with Gasteiger partial charge in [0, 0.05) is 18.5 Å². The van der Waals surface area contributed by atoms with Crippen LogP contribution in [0.3, 0.4) is 0 Å². The van der Waals surface area contributed by atoms with Gasteiger partial charge in [-0.3, -0.25) is 0 Å². The van der Waals surface area contributed by atoms with Gasteiger partial charge >= 0.3 is 12.1 Å². The second-order valence-corrected chi connectivity index (χ2v) is 8.76. The summed E-state index contributed by atoms with van der Waals surface area (Å²) in [5.41, 5.74) is -1.44. The van der Waals surface area contributed by atoms with Crippen LogP contribution < -0.4 is 15.0 Å². The Bertz CT molecular complexity index is 849. The third-order valence-electron chi connectivity index (χ3n) is 5.39. The Morgan fingerprint density at radius 3 is 2.50 bits per heavy atom. The molecule has 1 saturated heterocycles. The van der Waals surface area contributed by atoms with Crippen molar-refractivity contribution >= 4 is 17.7 Å². The molecule has 7 nitrogen and oxygen atoms in total. The van der Waals surface area contributed by atoms with Gasteiger partial charge in [0.05, 0.1) is 19.8 Å². The Hall–Kier alpha value is -2.58. The highest BCUT2D eigenvalue weighted by Crippen LogP contribution is 2.54. The van der Waals surface area contributed by atoms with Gasteiger partial charge in [0.15, 0.2) is 17.4 Å². The highest BCUT2D eigenvalue weighted by molar-refractivity contribution is 5.91. The number of carbonyl (C=O) groups is 2. The molecule has 1 aromatic rings. The second-order valence-electron chi connectivity index (χ2n) is 8.76. The Labute approximate surface area is 174 Å². The number of carbonyl (C=O) groups excluding carboxylic acids is 2. The van der Waals surface area contributed by atoms with Crippen molar-refractivity contribution in [2.45, 2.75) is 52.2 Å². The quantitative estimate of drug-likeness (QED) is 0.725. The molecule has 1 saturated carbocycles. The molecule has 0 bridgehead atoms. The van der Waals surface area contributed by atoms with Crippen molar-refractivity contribution in [3.05, 3.63) is 23.3 Å². The zero-order chi connectivity index (χ0) is 22.3. The Morgan fingerprint density at radius 1 is 1.30 bits per heavy atom. The third kappa shape index (κ3) is 4.29. The molecule has 1 aromatic carbocycles. The van der Waals surface area contributed by atoms with Gasteiger partial charge in [0.2, 0.25) is 0 Å². The van der Waals surface area contributed by atoms with Gasteiger partial charge in [-0.1, -0.05) is 0 Å². The zero-order valence-corrected chi connectivity index (χ0v) is 17.9. The lowest BCUT2D eigenvalue weighted by Gasteiger charge is -2.24. The lowest BCUT2D eigenvalue weighted by molar-refractivity contribution is 0.0489. The number of nitrogens with one attached hydrogen (secondary N) is 1. The average molecular weight is 426 g/mol. The lowest BCUT2D eigenvalue weighted by Crippen LogP contribution is -2.44. The van der Waals surface area contributed by atoms with E-state index in [9.17, 15) is 14.0 Å². The molecule has 1 atom stereocenters. The Morgan fingerprint density at radius 2 is 1.97 bits per heavy atom. The van der Waals surface area contributed by atoms with Gasteiger partial charge in [0.25, 0.3) is 0 Å². The van der Waals surface area contributed by atoms with Gasteiger partial charge in [-0.05, 0) is 46.6 Å². The molecule has 1 heterocycles. The number of anilines is 1. The smallest absolute Gasteiger partial charge is 0.407 e. The minimum Gasteiger partial charge on any atom is -0.491 e. The van der Waals surface area contributed by atoms with E-state index < -0.39 is 34.9 Å². The van der Waals surface area contributed by atoms with Crippen molar-refractivity contribution in [3.63, 3.8) is 0 Å². The Balaban J connectivity index is 1.87. The number of hydrogen-bond donors (Lipinski definition) is 1. The van der Waals surface area contributed by atoms with Crippen molar-refractivity contribution in [2.24, 2.45) is 5.41 Å². The van der Waals surface area contributed by atoms with Gasteiger partial charge in [-0.25, -0.2) is 18.4 Å². The summed E-state index contributed by atoms with van der Waals surface area (Å²) in [7, 11) is 1.22. The maximum Gasteiger partial charge on any atom is 0.407 e.